The number of hydrogen-bond donors (Lipinski definition) is 2. The van der Waals surface area contributed by atoms with E-state index in [1.54, 1.807) is 24.3 Å². The molecule has 6 heteroatoms. The molecule has 0 aliphatic carbocycles. The summed E-state index contributed by atoms with van der Waals surface area (Å²) in [5.74, 6) is -0.275. The second-order valence-electron chi connectivity index (χ2n) is 6.81. The molecule has 3 amide bonds. The highest BCUT2D eigenvalue weighted by atomic mass is 16.2. The molecule has 0 radical (unpaired) electrons. The molecule has 2 aliphatic heterocycles. The summed E-state index contributed by atoms with van der Waals surface area (Å²) in [7, 11) is 0. The van der Waals surface area contributed by atoms with Crippen LogP contribution in [0.1, 0.15) is 72.1 Å². The number of carbonyl (C=O) groups is 3. The van der Waals surface area contributed by atoms with Crippen molar-refractivity contribution in [3.05, 3.63) is 35.4 Å². The molecule has 6 nitrogen and oxygen atoms in total. The SMILES string of the molecule is NC(=O)c1cccc(C(=O)N2CCCCCC2)c1.O=C1CCCCCN1. The molecule has 0 spiro atoms. The minimum Gasteiger partial charge on any atom is -0.366 e. The lowest BCUT2D eigenvalue weighted by molar-refractivity contribution is -0.120. The molecule has 0 atom stereocenters. The molecule has 2 fully saturated rings. The highest BCUT2D eigenvalue weighted by molar-refractivity contribution is 5.99. The van der Waals surface area contributed by atoms with Gasteiger partial charge < -0.3 is 16.0 Å². The van der Waals surface area contributed by atoms with Crippen molar-refractivity contribution in [2.45, 2.75) is 51.4 Å². The fourth-order valence-corrected chi connectivity index (χ4v) is 3.17. The lowest BCUT2D eigenvalue weighted by atomic mass is 10.1. The summed E-state index contributed by atoms with van der Waals surface area (Å²) >= 11 is 0. The molecule has 0 saturated carbocycles. The average molecular weight is 359 g/mol. The zero-order chi connectivity index (χ0) is 18.8. The lowest BCUT2D eigenvalue weighted by Gasteiger charge is -2.20. The van der Waals surface area contributed by atoms with Gasteiger partial charge in [-0.15, -0.1) is 0 Å². The van der Waals surface area contributed by atoms with E-state index in [1.165, 1.54) is 19.3 Å². The van der Waals surface area contributed by atoms with Crippen molar-refractivity contribution in [2.24, 2.45) is 5.73 Å². The summed E-state index contributed by atoms with van der Waals surface area (Å²) in [5, 5.41) is 2.81. The topological polar surface area (TPSA) is 92.5 Å². The molecule has 0 aromatic heterocycles. The van der Waals surface area contributed by atoms with Crippen LogP contribution >= 0.6 is 0 Å². The van der Waals surface area contributed by atoms with Gasteiger partial charge in [0.15, 0.2) is 0 Å². The summed E-state index contributed by atoms with van der Waals surface area (Å²) < 4.78 is 0. The number of nitrogens with zero attached hydrogens (tertiary/aromatic N) is 1. The molecule has 3 rings (SSSR count). The third kappa shape index (κ3) is 6.50. The summed E-state index contributed by atoms with van der Waals surface area (Å²) in [6.45, 7) is 2.50. The number of nitrogens with two attached hydrogens (primary N) is 1. The van der Waals surface area contributed by atoms with Crippen LogP contribution in [-0.2, 0) is 4.79 Å². The smallest absolute Gasteiger partial charge is 0.253 e. The Bertz CT molecular complexity index is 612. The van der Waals surface area contributed by atoms with Gasteiger partial charge in [-0.3, -0.25) is 14.4 Å². The van der Waals surface area contributed by atoms with Gasteiger partial charge >= 0.3 is 0 Å². The van der Waals surface area contributed by atoms with Crippen molar-refractivity contribution in [3.63, 3.8) is 0 Å². The number of hydrogen-bond acceptors (Lipinski definition) is 3. The monoisotopic (exact) mass is 359 g/mol. The average Bonchev–Trinajstić information content (AvgIpc) is 3.06. The first-order valence-electron chi connectivity index (χ1n) is 9.54. The van der Waals surface area contributed by atoms with Crippen LogP contribution in [0.25, 0.3) is 0 Å². The Balaban J connectivity index is 0.000000254. The van der Waals surface area contributed by atoms with E-state index in [0.717, 1.165) is 51.7 Å². The van der Waals surface area contributed by atoms with Crippen LogP contribution in [0, 0.1) is 0 Å². The zero-order valence-corrected chi connectivity index (χ0v) is 15.3. The van der Waals surface area contributed by atoms with Crippen LogP contribution < -0.4 is 11.1 Å². The van der Waals surface area contributed by atoms with Gasteiger partial charge in [0.2, 0.25) is 11.8 Å². The van der Waals surface area contributed by atoms with E-state index >= 15 is 0 Å². The molecule has 26 heavy (non-hydrogen) atoms. The van der Waals surface area contributed by atoms with Gasteiger partial charge in [-0.1, -0.05) is 25.3 Å². The Morgan fingerprint density at radius 2 is 1.58 bits per heavy atom. The van der Waals surface area contributed by atoms with Gasteiger partial charge in [0.05, 0.1) is 0 Å². The van der Waals surface area contributed by atoms with Gasteiger partial charge in [-0.2, -0.15) is 0 Å². The zero-order valence-electron chi connectivity index (χ0n) is 15.3. The molecular formula is C20H29N3O3. The van der Waals surface area contributed by atoms with Gasteiger partial charge in [0.25, 0.3) is 5.91 Å². The fraction of sp³-hybridized carbons (Fsp3) is 0.550. The quantitative estimate of drug-likeness (QED) is 0.849. The largest absolute Gasteiger partial charge is 0.366 e. The number of carbonyl (C=O) groups excluding carboxylic acids is 3. The Morgan fingerprint density at radius 3 is 2.27 bits per heavy atom. The number of rotatable bonds is 2. The second kappa shape index (κ2) is 10.6. The third-order valence-corrected chi connectivity index (χ3v) is 4.69. The summed E-state index contributed by atoms with van der Waals surface area (Å²) in [4.78, 5) is 35.8. The Hall–Kier alpha value is -2.37. The summed E-state index contributed by atoms with van der Waals surface area (Å²) in [6, 6.07) is 6.64. The number of amides is 3. The van der Waals surface area contributed by atoms with Crippen LogP contribution in [0.3, 0.4) is 0 Å². The van der Waals surface area contributed by atoms with E-state index < -0.39 is 5.91 Å². The molecule has 0 unspecified atom stereocenters. The molecule has 1 aromatic rings. The van der Waals surface area contributed by atoms with Crippen molar-refractivity contribution in [1.29, 1.82) is 0 Å². The maximum Gasteiger partial charge on any atom is 0.253 e. The van der Waals surface area contributed by atoms with Gasteiger partial charge in [-0.25, -0.2) is 0 Å². The van der Waals surface area contributed by atoms with E-state index in [2.05, 4.69) is 5.32 Å². The first-order valence-corrected chi connectivity index (χ1v) is 9.54. The lowest BCUT2D eigenvalue weighted by Crippen LogP contribution is -2.32. The molecule has 1 aromatic carbocycles. The van der Waals surface area contributed by atoms with Crippen LogP contribution in [0.15, 0.2) is 24.3 Å². The predicted molar refractivity (Wildman–Crippen MR) is 101 cm³/mol. The number of likely N-dealkylation sites (tertiary alicyclic amines) is 1. The third-order valence-electron chi connectivity index (χ3n) is 4.69. The van der Waals surface area contributed by atoms with Crippen molar-refractivity contribution < 1.29 is 14.4 Å². The normalized spacial score (nSPS) is 17.8. The van der Waals surface area contributed by atoms with Crippen molar-refractivity contribution in [3.8, 4) is 0 Å². The second-order valence-corrected chi connectivity index (χ2v) is 6.81. The number of nitrogens with one attached hydrogen (secondary N) is 1. The van der Waals surface area contributed by atoms with E-state index in [4.69, 9.17) is 5.73 Å². The van der Waals surface area contributed by atoms with E-state index in [0.29, 0.717) is 11.1 Å². The van der Waals surface area contributed by atoms with Gasteiger partial charge in [0, 0.05) is 37.2 Å². The van der Waals surface area contributed by atoms with Crippen LogP contribution in [0.5, 0.6) is 0 Å². The first-order chi connectivity index (χ1) is 12.6. The molecular weight excluding hydrogens is 330 g/mol. The number of primary amides is 1. The van der Waals surface area contributed by atoms with Crippen LogP contribution in [-0.4, -0.2) is 42.3 Å². The highest BCUT2D eigenvalue weighted by Gasteiger charge is 2.17. The summed E-state index contributed by atoms with van der Waals surface area (Å²) in [6.07, 6.45) is 8.66. The van der Waals surface area contributed by atoms with Crippen LogP contribution in [0.2, 0.25) is 0 Å². The highest BCUT2D eigenvalue weighted by Crippen LogP contribution is 2.14. The first kappa shape index (κ1) is 19.9. The van der Waals surface area contributed by atoms with Gasteiger partial charge in [0.1, 0.15) is 0 Å². The fourth-order valence-electron chi connectivity index (χ4n) is 3.17. The van der Waals surface area contributed by atoms with Crippen molar-refractivity contribution in [2.75, 3.05) is 19.6 Å². The minimum atomic E-state index is -0.500. The van der Waals surface area contributed by atoms with Gasteiger partial charge in [-0.05, 0) is 43.9 Å². The molecule has 2 aliphatic rings. The predicted octanol–water partition coefficient (Wildman–Crippen LogP) is 2.48. The molecule has 2 saturated heterocycles. The molecule has 3 N–H and O–H groups in total. The maximum absolute atomic E-state index is 12.3. The maximum atomic E-state index is 12.3. The van der Waals surface area contributed by atoms with E-state index in [9.17, 15) is 14.4 Å². The summed E-state index contributed by atoms with van der Waals surface area (Å²) in [5.41, 5.74) is 6.16. The van der Waals surface area contributed by atoms with Crippen LogP contribution in [0.4, 0.5) is 0 Å². The Morgan fingerprint density at radius 1 is 0.923 bits per heavy atom. The minimum absolute atomic E-state index is 0.000000000000000444. The molecule has 0 bridgehead atoms. The molecule has 2 heterocycles. The van der Waals surface area contributed by atoms with Crippen molar-refractivity contribution >= 4 is 17.7 Å². The van der Waals surface area contributed by atoms with E-state index in [1.807, 2.05) is 4.90 Å². The molecule has 142 valence electrons. The Kier molecular flexibility index (Phi) is 8.12. The van der Waals surface area contributed by atoms with E-state index in [-0.39, 0.29) is 11.8 Å². The number of benzene rings is 1. The van der Waals surface area contributed by atoms with Crippen molar-refractivity contribution in [1.82, 2.24) is 10.2 Å². The Labute approximate surface area is 155 Å². The standard InChI is InChI=1S/C14H18N2O2.C6H11NO/c15-13(17)11-6-5-7-12(10-11)14(18)16-8-3-1-2-4-9-16;8-6-4-2-1-3-5-7-6/h5-7,10H,1-4,8-9H2,(H2,15,17);1-5H2,(H,7,8).